The molecule has 0 spiro atoms. The van der Waals surface area contributed by atoms with E-state index in [0.717, 1.165) is 24.9 Å². The molecule has 0 saturated heterocycles. The van der Waals surface area contributed by atoms with E-state index in [2.05, 4.69) is 42.3 Å². The Hall–Kier alpha value is -1.32. The molecule has 0 bridgehead atoms. The normalized spacial score (nSPS) is 12.2. The Labute approximate surface area is 108 Å². The number of nitrogens with one attached hydrogen (secondary N) is 2. The highest BCUT2D eigenvalue weighted by Gasteiger charge is 2.24. The molecule has 0 atom stereocenters. The third-order valence-corrected chi connectivity index (χ3v) is 3.98. The standard InChI is InChI=1S/C15H22N2O/c1-3-15(4-2,11-18)17-10-12-9-16-14-8-6-5-7-13(12)14/h5-9,16-18H,3-4,10-11H2,1-2H3. The fourth-order valence-electron chi connectivity index (χ4n) is 2.34. The van der Waals surface area contributed by atoms with Gasteiger partial charge >= 0.3 is 0 Å². The molecule has 0 aliphatic rings. The van der Waals surface area contributed by atoms with Crippen molar-refractivity contribution in [2.45, 2.75) is 38.8 Å². The second-order valence-electron chi connectivity index (χ2n) is 4.86. The summed E-state index contributed by atoms with van der Waals surface area (Å²) in [4.78, 5) is 3.28. The minimum Gasteiger partial charge on any atom is -0.394 e. The average Bonchev–Trinajstić information content (AvgIpc) is 2.85. The molecular weight excluding hydrogens is 224 g/mol. The molecule has 0 aliphatic carbocycles. The summed E-state index contributed by atoms with van der Waals surface area (Å²) in [6, 6.07) is 8.30. The molecule has 18 heavy (non-hydrogen) atoms. The van der Waals surface area contributed by atoms with Crippen molar-refractivity contribution in [2.24, 2.45) is 0 Å². The first-order valence-electron chi connectivity index (χ1n) is 6.65. The smallest absolute Gasteiger partial charge is 0.0613 e. The van der Waals surface area contributed by atoms with E-state index in [9.17, 15) is 5.11 Å². The minimum absolute atomic E-state index is 0.154. The Balaban J connectivity index is 2.14. The van der Waals surface area contributed by atoms with E-state index < -0.39 is 0 Å². The van der Waals surface area contributed by atoms with Gasteiger partial charge in [0.1, 0.15) is 0 Å². The predicted octanol–water partition coefficient (Wildman–Crippen LogP) is 2.81. The molecule has 0 saturated carbocycles. The molecule has 3 nitrogen and oxygen atoms in total. The van der Waals surface area contributed by atoms with Gasteiger partial charge in [-0.1, -0.05) is 32.0 Å². The highest BCUT2D eigenvalue weighted by atomic mass is 16.3. The van der Waals surface area contributed by atoms with Gasteiger partial charge in [-0.05, 0) is 24.5 Å². The lowest BCUT2D eigenvalue weighted by Gasteiger charge is -2.30. The Morgan fingerprint density at radius 3 is 2.61 bits per heavy atom. The summed E-state index contributed by atoms with van der Waals surface area (Å²) in [7, 11) is 0. The fourth-order valence-corrected chi connectivity index (χ4v) is 2.34. The maximum absolute atomic E-state index is 9.55. The molecule has 1 heterocycles. The summed E-state index contributed by atoms with van der Waals surface area (Å²) >= 11 is 0. The molecule has 0 amide bonds. The van der Waals surface area contributed by atoms with Gasteiger partial charge in [-0.15, -0.1) is 0 Å². The summed E-state index contributed by atoms with van der Waals surface area (Å²) < 4.78 is 0. The molecule has 98 valence electrons. The number of fused-ring (bicyclic) bond motifs is 1. The Morgan fingerprint density at radius 1 is 1.22 bits per heavy atom. The van der Waals surface area contributed by atoms with E-state index in [1.165, 1.54) is 10.9 Å². The number of aliphatic hydroxyl groups excluding tert-OH is 1. The highest BCUT2D eigenvalue weighted by Crippen LogP contribution is 2.20. The summed E-state index contributed by atoms with van der Waals surface area (Å²) in [5.41, 5.74) is 2.26. The van der Waals surface area contributed by atoms with Crippen molar-refractivity contribution in [3.8, 4) is 0 Å². The number of hydrogen-bond donors (Lipinski definition) is 3. The monoisotopic (exact) mass is 246 g/mol. The first-order valence-corrected chi connectivity index (χ1v) is 6.65. The van der Waals surface area contributed by atoms with Crippen LogP contribution in [0.2, 0.25) is 0 Å². The first kappa shape index (κ1) is 13.1. The van der Waals surface area contributed by atoms with E-state index in [1.54, 1.807) is 0 Å². The zero-order valence-electron chi connectivity index (χ0n) is 11.2. The molecular formula is C15H22N2O. The van der Waals surface area contributed by atoms with Crippen LogP contribution in [-0.2, 0) is 6.54 Å². The van der Waals surface area contributed by atoms with Gasteiger partial charge in [0.15, 0.2) is 0 Å². The third-order valence-electron chi connectivity index (χ3n) is 3.98. The molecule has 2 rings (SSSR count). The zero-order valence-corrected chi connectivity index (χ0v) is 11.2. The van der Waals surface area contributed by atoms with Crippen LogP contribution in [0.15, 0.2) is 30.5 Å². The predicted molar refractivity (Wildman–Crippen MR) is 75.5 cm³/mol. The van der Waals surface area contributed by atoms with Gasteiger partial charge in [0, 0.05) is 29.2 Å². The average molecular weight is 246 g/mol. The van der Waals surface area contributed by atoms with Crippen LogP contribution in [-0.4, -0.2) is 22.2 Å². The number of rotatable bonds is 6. The van der Waals surface area contributed by atoms with Crippen LogP contribution in [0.25, 0.3) is 10.9 Å². The molecule has 0 aliphatic heterocycles. The number of aromatic nitrogens is 1. The second-order valence-corrected chi connectivity index (χ2v) is 4.86. The summed E-state index contributed by atoms with van der Waals surface area (Å²) in [6.07, 6.45) is 3.91. The SMILES string of the molecule is CCC(CC)(CO)NCc1c[nH]c2ccccc12. The molecule has 1 aromatic heterocycles. The Morgan fingerprint density at radius 2 is 1.94 bits per heavy atom. The lowest BCUT2D eigenvalue weighted by atomic mass is 9.93. The maximum atomic E-state index is 9.55. The Bertz CT molecular complexity index is 492. The van der Waals surface area contributed by atoms with Gasteiger partial charge in [0.05, 0.1) is 6.61 Å². The molecule has 0 radical (unpaired) electrons. The molecule has 0 fully saturated rings. The lowest BCUT2D eigenvalue weighted by molar-refractivity contribution is 0.149. The summed E-state index contributed by atoms with van der Waals surface area (Å²) in [5, 5.41) is 14.3. The van der Waals surface area contributed by atoms with E-state index in [0.29, 0.717) is 0 Å². The minimum atomic E-state index is -0.154. The molecule has 3 N–H and O–H groups in total. The van der Waals surface area contributed by atoms with Crippen LogP contribution in [0.5, 0.6) is 0 Å². The Kier molecular flexibility index (Phi) is 4.04. The van der Waals surface area contributed by atoms with Crippen LogP contribution in [0.4, 0.5) is 0 Å². The largest absolute Gasteiger partial charge is 0.394 e. The van der Waals surface area contributed by atoms with E-state index in [1.807, 2.05) is 12.3 Å². The first-order chi connectivity index (χ1) is 8.74. The number of benzene rings is 1. The van der Waals surface area contributed by atoms with Crippen molar-refractivity contribution in [3.63, 3.8) is 0 Å². The van der Waals surface area contributed by atoms with E-state index in [-0.39, 0.29) is 12.1 Å². The van der Waals surface area contributed by atoms with Crippen molar-refractivity contribution >= 4 is 10.9 Å². The highest BCUT2D eigenvalue weighted by molar-refractivity contribution is 5.82. The molecule has 1 aromatic carbocycles. The van der Waals surface area contributed by atoms with Crippen molar-refractivity contribution < 1.29 is 5.11 Å². The summed E-state index contributed by atoms with van der Waals surface area (Å²) in [5.74, 6) is 0. The fraction of sp³-hybridized carbons (Fsp3) is 0.467. The van der Waals surface area contributed by atoms with Gasteiger partial charge in [-0.2, -0.15) is 0 Å². The van der Waals surface area contributed by atoms with Crippen LogP contribution < -0.4 is 5.32 Å². The number of hydrogen-bond acceptors (Lipinski definition) is 2. The lowest BCUT2D eigenvalue weighted by Crippen LogP contribution is -2.47. The van der Waals surface area contributed by atoms with Crippen LogP contribution in [0.1, 0.15) is 32.3 Å². The van der Waals surface area contributed by atoms with Crippen molar-refractivity contribution in [2.75, 3.05) is 6.61 Å². The van der Waals surface area contributed by atoms with E-state index >= 15 is 0 Å². The van der Waals surface area contributed by atoms with Gasteiger partial charge in [0.2, 0.25) is 0 Å². The van der Waals surface area contributed by atoms with Crippen molar-refractivity contribution in [3.05, 3.63) is 36.0 Å². The second kappa shape index (κ2) is 5.55. The molecule has 3 heteroatoms. The number of aliphatic hydroxyl groups is 1. The number of para-hydroxylation sites is 1. The number of aromatic amines is 1. The van der Waals surface area contributed by atoms with Crippen molar-refractivity contribution in [1.82, 2.24) is 10.3 Å². The topological polar surface area (TPSA) is 48.0 Å². The van der Waals surface area contributed by atoms with Crippen LogP contribution >= 0.6 is 0 Å². The summed E-state index contributed by atoms with van der Waals surface area (Å²) in [6.45, 7) is 5.19. The van der Waals surface area contributed by atoms with Gasteiger partial charge in [0.25, 0.3) is 0 Å². The molecule has 0 unspecified atom stereocenters. The van der Waals surface area contributed by atoms with Gasteiger partial charge in [-0.25, -0.2) is 0 Å². The van der Waals surface area contributed by atoms with E-state index in [4.69, 9.17) is 0 Å². The van der Waals surface area contributed by atoms with Gasteiger partial charge in [-0.3, -0.25) is 0 Å². The van der Waals surface area contributed by atoms with Crippen molar-refractivity contribution in [1.29, 1.82) is 0 Å². The van der Waals surface area contributed by atoms with Gasteiger partial charge < -0.3 is 15.4 Å². The third kappa shape index (κ3) is 2.42. The van der Waals surface area contributed by atoms with Crippen LogP contribution in [0.3, 0.4) is 0 Å². The molecule has 2 aromatic rings. The zero-order chi connectivity index (χ0) is 13.0. The quantitative estimate of drug-likeness (QED) is 0.734. The maximum Gasteiger partial charge on any atom is 0.0613 e. The number of H-pyrrole nitrogens is 1. The van der Waals surface area contributed by atoms with Crippen LogP contribution in [0, 0.1) is 0 Å².